The van der Waals surface area contributed by atoms with E-state index in [4.69, 9.17) is 16.3 Å². The average Bonchev–Trinajstić information content (AvgIpc) is 3.17. The molecule has 0 spiro atoms. The first-order chi connectivity index (χ1) is 12.2. The fraction of sp³-hybridized carbons (Fsp3) is 0.500. The van der Waals surface area contributed by atoms with Crippen molar-refractivity contribution in [2.75, 3.05) is 13.2 Å². The molecule has 0 saturated carbocycles. The summed E-state index contributed by atoms with van der Waals surface area (Å²) in [5, 5.41) is 11.1. The number of ether oxygens (including phenoxy) is 1. The zero-order chi connectivity index (χ0) is 19.1. The summed E-state index contributed by atoms with van der Waals surface area (Å²) in [7, 11) is 0. The molecule has 2 unspecified atom stereocenters. The van der Waals surface area contributed by atoms with Crippen LogP contribution in [-0.4, -0.2) is 41.0 Å². The zero-order valence-electron chi connectivity index (χ0n) is 15.3. The third-order valence-corrected chi connectivity index (χ3v) is 5.09. The van der Waals surface area contributed by atoms with Crippen LogP contribution in [0.5, 0.6) is 0 Å². The molecule has 3 rings (SSSR count). The number of aliphatic hydroxyl groups is 1. The minimum atomic E-state index is -0.714. The molecule has 1 amide bonds. The smallest absolute Gasteiger partial charge is 0.290 e. The molecule has 0 aliphatic carbocycles. The van der Waals surface area contributed by atoms with Crippen LogP contribution in [0.25, 0.3) is 0 Å². The second-order valence-corrected chi connectivity index (χ2v) is 8.32. The topological polar surface area (TPSA) is 66.8 Å². The van der Waals surface area contributed by atoms with Gasteiger partial charge < -0.3 is 14.7 Å². The second kappa shape index (κ2) is 7.05. The minimum Gasteiger partial charge on any atom is -0.503 e. The predicted octanol–water partition coefficient (Wildman–Crippen LogP) is 3.83. The molecular formula is C20H24ClNO4. The van der Waals surface area contributed by atoms with E-state index in [-0.39, 0.29) is 17.5 Å². The molecule has 5 nitrogen and oxygen atoms in total. The lowest BCUT2D eigenvalue weighted by molar-refractivity contribution is -0.131. The van der Waals surface area contributed by atoms with Gasteiger partial charge >= 0.3 is 0 Å². The molecule has 2 aliphatic rings. The first kappa shape index (κ1) is 18.9. The van der Waals surface area contributed by atoms with Gasteiger partial charge in [-0.25, -0.2) is 0 Å². The molecular weight excluding hydrogens is 354 g/mol. The van der Waals surface area contributed by atoms with Crippen molar-refractivity contribution < 1.29 is 19.4 Å². The molecule has 0 aromatic heterocycles. The van der Waals surface area contributed by atoms with E-state index < -0.39 is 23.1 Å². The van der Waals surface area contributed by atoms with Gasteiger partial charge in [-0.05, 0) is 30.5 Å². The van der Waals surface area contributed by atoms with Gasteiger partial charge in [0.15, 0.2) is 11.5 Å². The van der Waals surface area contributed by atoms with Crippen LogP contribution < -0.4 is 0 Å². The summed E-state index contributed by atoms with van der Waals surface area (Å²) in [6.07, 6.45) is 1.73. The number of benzene rings is 1. The van der Waals surface area contributed by atoms with Gasteiger partial charge in [0.1, 0.15) is 0 Å². The lowest BCUT2D eigenvalue weighted by atomic mass is 9.82. The van der Waals surface area contributed by atoms with E-state index in [0.717, 1.165) is 18.4 Å². The van der Waals surface area contributed by atoms with Crippen molar-refractivity contribution in [3.63, 3.8) is 0 Å². The van der Waals surface area contributed by atoms with Crippen molar-refractivity contribution in [1.29, 1.82) is 0 Å². The molecule has 2 heterocycles. The third kappa shape index (κ3) is 3.51. The first-order valence-electron chi connectivity index (χ1n) is 8.86. The van der Waals surface area contributed by atoms with Gasteiger partial charge in [-0.3, -0.25) is 9.59 Å². The number of Topliss-reactive ketones (excluding diaryl/α,β-unsaturated/α-hetero) is 1. The van der Waals surface area contributed by atoms with Crippen molar-refractivity contribution in [3.05, 3.63) is 46.2 Å². The standard InChI is InChI=1S/C20H24ClNO4/c1-20(2,3)18(24)15-16(12-6-8-13(21)9-7-12)22(19(25)17(15)23)11-14-5-4-10-26-14/h6-9,14,16,23H,4-5,10-11H2,1-3H3. The maximum Gasteiger partial charge on any atom is 0.290 e. The summed E-state index contributed by atoms with van der Waals surface area (Å²) in [5.74, 6) is -1.21. The Hall–Kier alpha value is -1.85. The van der Waals surface area contributed by atoms with Crippen molar-refractivity contribution in [2.24, 2.45) is 5.41 Å². The Morgan fingerprint density at radius 3 is 2.50 bits per heavy atom. The highest BCUT2D eigenvalue weighted by molar-refractivity contribution is 6.30. The summed E-state index contributed by atoms with van der Waals surface area (Å²) < 4.78 is 5.66. The molecule has 26 heavy (non-hydrogen) atoms. The Labute approximate surface area is 158 Å². The normalized spacial score (nSPS) is 23.8. The van der Waals surface area contributed by atoms with Gasteiger partial charge in [0.2, 0.25) is 0 Å². The molecule has 6 heteroatoms. The molecule has 1 N–H and O–H groups in total. The van der Waals surface area contributed by atoms with Crippen LogP contribution in [-0.2, 0) is 14.3 Å². The van der Waals surface area contributed by atoms with Crippen LogP contribution >= 0.6 is 11.6 Å². The Balaban J connectivity index is 2.03. The summed E-state index contributed by atoms with van der Waals surface area (Å²) >= 11 is 5.99. The Morgan fingerprint density at radius 2 is 1.96 bits per heavy atom. The summed E-state index contributed by atoms with van der Waals surface area (Å²) in [6.45, 7) is 6.36. The molecule has 1 fully saturated rings. The number of amides is 1. The average molecular weight is 378 g/mol. The Bertz CT molecular complexity index is 742. The van der Waals surface area contributed by atoms with E-state index in [1.165, 1.54) is 0 Å². The van der Waals surface area contributed by atoms with Gasteiger partial charge in [0.25, 0.3) is 5.91 Å². The highest BCUT2D eigenvalue weighted by atomic mass is 35.5. The molecule has 2 atom stereocenters. The molecule has 1 aromatic carbocycles. The number of nitrogens with zero attached hydrogens (tertiary/aromatic N) is 1. The van der Waals surface area contributed by atoms with E-state index in [9.17, 15) is 14.7 Å². The van der Waals surface area contributed by atoms with Crippen LogP contribution in [0, 0.1) is 5.41 Å². The van der Waals surface area contributed by atoms with Crippen molar-refractivity contribution in [3.8, 4) is 0 Å². The van der Waals surface area contributed by atoms with Crippen LogP contribution in [0.2, 0.25) is 5.02 Å². The quantitative estimate of drug-likeness (QED) is 0.865. The summed E-state index contributed by atoms with van der Waals surface area (Å²) in [5.41, 5.74) is 0.189. The van der Waals surface area contributed by atoms with E-state index in [1.54, 1.807) is 49.9 Å². The van der Waals surface area contributed by atoms with Gasteiger partial charge in [-0.15, -0.1) is 0 Å². The largest absolute Gasteiger partial charge is 0.503 e. The van der Waals surface area contributed by atoms with Crippen molar-refractivity contribution >= 4 is 23.3 Å². The lowest BCUT2D eigenvalue weighted by Crippen LogP contribution is -2.38. The Morgan fingerprint density at radius 1 is 1.31 bits per heavy atom. The van der Waals surface area contributed by atoms with Crippen LogP contribution in [0.1, 0.15) is 45.2 Å². The fourth-order valence-corrected chi connectivity index (χ4v) is 3.60. The maximum atomic E-state index is 13.0. The highest BCUT2D eigenvalue weighted by Gasteiger charge is 2.46. The van der Waals surface area contributed by atoms with E-state index in [0.29, 0.717) is 18.2 Å². The number of rotatable bonds is 4. The molecule has 1 aromatic rings. The number of hydrogen-bond donors (Lipinski definition) is 1. The van der Waals surface area contributed by atoms with Crippen LogP contribution in [0.15, 0.2) is 35.6 Å². The van der Waals surface area contributed by atoms with E-state index in [2.05, 4.69) is 0 Å². The predicted molar refractivity (Wildman–Crippen MR) is 99.0 cm³/mol. The number of ketones is 1. The van der Waals surface area contributed by atoms with Crippen molar-refractivity contribution in [1.82, 2.24) is 4.90 Å². The zero-order valence-corrected chi connectivity index (χ0v) is 16.0. The van der Waals surface area contributed by atoms with Crippen molar-refractivity contribution in [2.45, 2.75) is 45.8 Å². The molecule has 1 saturated heterocycles. The van der Waals surface area contributed by atoms with E-state index in [1.807, 2.05) is 0 Å². The summed E-state index contributed by atoms with van der Waals surface area (Å²) in [6, 6.07) is 6.39. The second-order valence-electron chi connectivity index (χ2n) is 7.89. The molecule has 2 aliphatic heterocycles. The first-order valence-corrected chi connectivity index (χ1v) is 9.24. The SMILES string of the molecule is CC(C)(C)C(=O)C1=C(O)C(=O)N(CC2CCCO2)C1c1ccc(Cl)cc1. The van der Waals surface area contributed by atoms with Gasteiger partial charge in [-0.2, -0.15) is 0 Å². The number of aliphatic hydroxyl groups excluding tert-OH is 1. The van der Waals surface area contributed by atoms with Crippen LogP contribution in [0.4, 0.5) is 0 Å². The van der Waals surface area contributed by atoms with Gasteiger partial charge in [0, 0.05) is 23.6 Å². The lowest BCUT2D eigenvalue weighted by Gasteiger charge is -2.30. The maximum absolute atomic E-state index is 13.0. The summed E-state index contributed by atoms with van der Waals surface area (Å²) in [4.78, 5) is 27.3. The van der Waals surface area contributed by atoms with Gasteiger partial charge in [-0.1, -0.05) is 44.5 Å². The molecule has 0 radical (unpaired) electrons. The Kier molecular flexibility index (Phi) is 5.13. The molecule has 140 valence electrons. The number of carbonyl (C=O) groups is 2. The third-order valence-electron chi connectivity index (χ3n) is 4.84. The number of carbonyl (C=O) groups excluding carboxylic acids is 2. The van der Waals surface area contributed by atoms with Crippen LogP contribution in [0.3, 0.4) is 0 Å². The number of hydrogen-bond acceptors (Lipinski definition) is 4. The number of halogens is 1. The monoisotopic (exact) mass is 377 g/mol. The minimum absolute atomic E-state index is 0.0781. The van der Waals surface area contributed by atoms with E-state index >= 15 is 0 Å². The van der Waals surface area contributed by atoms with Gasteiger partial charge in [0.05, 0.1) is 17.7 Å². The highest BCUT2D eigenvalue weighted by Crippen LogP contribution is 2.41. The molecule has 0 bridgehead atoms. The fourth-order valence-electron chi connectivity index (χ4n) is 3.48.